The molecule has 11 heteroatoms. The van der Waals surface area contributed by atoms with Crippen LogP contribution in [0.15, 0.2) is 30.6 Å². The maximum atomic E-state index is 14.1. The minimum atomic E-state index is -0.824. The normalized spacial score (nSPS) is 14.2. The summed E-state index contributed by atoms with van der Waals surface area (Å²) in [5, 5.41) is 7.25. The quantitative estimate of drug-likeness (QED) is 0.548. The monoisotopic (exact) mass is 503 g/mol. The predicted octanol–water partition coefficient (Wildman–Crippen LogP) is 4.63. The summed E-state index contributed by atoms with van der Waals surface area (Å²) >= 11 is 6.29. The van der Waals surface area contributed by atoms with Crippen molar-refractivity contribution in [2.24, 2.45) is 0 Å². The summed E-state index contributed by atoms with van der Waals surface area (Å²) in [6.07, 6.45) is 4.14. The third-order valence-electron chi connectivity index (χ3n) is 6.07. The third-order valence-corrected chi connectivity index (χ3v) is 6.34. The fourth-order valence-corrected chi connectivity index (χ4v) is 4.42. The van der Waals surface area contributed by atoms with Gasteiger partial charge in [0.2, 0.25) is 5.91 Å². The number of halogens is 3. The number of aryl methyl sites for hydroxylation is 1. The lowest BCUT2D eigenvalue weighted by Crippen LogP contribution is -2.38. The van der Waals surface area contributed by atoms with E-state index in [9.17, 15) is 18.4 Å². The Kier molecular flexibility index (Phi) is 7.02. The summed E-state index contributed by atoms with van der Waals surface area (Å²) in [5.41, 5.74) is 1.55. The van der Waals surface area contributed by atoms with E-state index in [1.807, 2.05) is 0 Å². The van der Waals surface area contributed by atoms with Crippen LogP contribution in [0.2, 0.25) is 5.02 Å². The molecule has 1 N–H and O–H groups in total. The molecule has 2 amide bonds. The number of piperidine rings is 1. The van der Waals surface area contributed by atoms with Crippen molar-refractivity contribution >= 4 is 29.2 Å². The fourth-order valence-electron chi connectivity index (χ4n) is 4.21. The Bertz CT molecular complexity index is 1270. The van der Waals surface area contributed by atoms with Gasteiger partial charge in [-0.1, -0.05) is 11.6 Å². The number of hydrogen-bond acceptors (Lipinski definition) is 5. The molecule has 2 aromatic heterocycles. The predicted molar refractivity (Wildman–Crippen MR) is 127 cm³/mol. The highest BCUT2D eigenvalue weighted by Crippen LogP contribution is 2.31. The first-order valence-electron chi connectivity index (χ1n) is 11.0. The van der Waals surface area contributed by atoms with Gasteiger partial charge < -0.3 is 15.0 Å². The topological polar surface area (TPSA) is 89.3 Å². The summed E-state index contributed by atoms with van der Waals surface area (Å²) in [6, 6.07) is 3.91. The molecule has 184 valence electrons. The molecular weight excluding hydrogens is 480 g/mol. The molecular formula is C24H24ClF2N5O3. The van der Waals surface area contributed by atoms with E-state index in [1.165, 1.54) is 26.4 Å². The molecule has 1 aromatic carbocycles. The van der Waals surface area contributed by atoms with Crippen LogP contribution in [-0.4, -0.2) is 51.7 Å². The van der Waals surface area contributed by atoms with Crippen LogP contribution in [0, 0.1) is 18.6 Å². The van der Waals surface area contributed by atoms with E-state index >= 15 is 0 Å². The van der Waals surface area contributed by atoms with Crippen molar-refractivity contribution in [2.45, 2.75) is 32.7 Å². The van der Waals surface area contributed by atoms with Crippen molar-refractivity contribution in [1.29, 1.82) is 0 Å². The second-order valence-corrected chi connectivity index (χ2v) is 8.75. The zero-order valence-corrected chi connectivity index (χ0v) is 20.2. The van der Waals surface area contributed by atoms with Crippen LogP contribution in [0.1, 0.15) is 41.9 Å². The van der Waals surface area contributed by atoms with E-state index in [0.29, 0.717) is 37.1 Å². The first-order chi connectivity index (χ1) is 16.7. The van der Waals surface area contributed by atoms with Gasteiger partial charge in [-0.3, -0.25) is 14.3 Å². The highest BCUT2D eigenvalue weighted by Gasteiger charge is 2.28. The molecule has 0 radical (unpaired) electrons. The Morgan fingerprint density at radius 2 is 1.77 bits per heavy atom. The first kappa shape index (κ1) is 24.6. The Morgan fingerprint density at radius 3 is 2.34 bits per heavy atom. The molecule has 0 bridgehead atoms. The van der Waals surface area contributed by atoms with Gasteiger partial charge in [-0.05, 0) is 49.1 Å². The standard InChI is InChI=1S/C24H24ClF2N5O3/c1-13-8-16(15-9-19(26)22(35-3)20(27)10-15)11-28-23(13)30-24(34)21-18(25)12-29-32(21)17-4-6-31(7-5-17)14(2)33/h8-12,17H,4-7H2,1-3H3,(H,28,30,34). The number of amides is 2. The van der Waals surface area contributed by atoms with Crippen molar-refractivity contribution < 1.29 is 23.1 Å². The minimum absolute atomic E-state index is 0.0185. The summed E-state index contributed by atoms with van der Waals surface area (Å²) in [4.78, 5) is 30.8. The molecule has 8 nitrogen and oxygen atoms in total. The van der Waals surface area contributed by atoms with E-state index in [2.05, 4.69) is 15.4 Å². The number of nitrogens with zero attached hydrogens (tertiary/aromatic N) is 4. The smallest absolute Gasteiger partial charge is 0.276 e. The average Bonchev–Trinajstić information content (AvgIpc) is 3.21. The molecule has 1 fully saturated rings. The molecule has 3 heterocycles. The summed E-state index contributed by atoms with van der Waals surface area (Å²) in [5.74, 6) is -2.29. The number of benzene rings is 1. The van der Waals surface area contributed by atoms with Crippen molar-refractivity contribution in [1.82, 2.24) is 19.7 Å². The molecule has 0 spiro atoms. The summed E-state index contributed by atoms with van der Waals surface area (Å²) < 4.78 is 34.5. The van der Waals surface area contributed by atoms with Gasteiger partial charge in [0.25, 0.3) is 5.91 Å². The number of nitrogens with one attached hydrogen (secondary N) is 1. The van der Waals surface area contributed by atoms with E-state index < -0.39 is 23.3 Å². The molecule has 3 aromatic rings. The molecule has 0 atom stereocenters. The number of methoxy groups -OCH3 is 1. The zero-order chi connectivity index (χ0) is 25.3. The van der Waals surface area contributed by atoms with E-state index in [0.717, 1.165) is 12.1 Å². The van der Waals surface area contributed by atoms with Crippen LogP contribution in [0.25, 0.3) is 11.1 Å². The Morgan fingerprint density at radius 1 is 1.11 bits per heavy atom. The molecule has 35 heavy (non-hydrogen) atoms. The van der Waals surface area contributed by atoms with Crippen LogP contribution in [0.3, 0.4) is 0 Å². The third kappa shape index (κ3) is 4.97. The number of anilines is 1. The van der Waals surface area contributed by atoms with Gasteiger partial charge in [-0.25, -0.2) is 13.8 Å². The van der Waals surface area contributed by atoms with Crippen molar-refractivity contribution in [3.05, 3.63) is 58.5 Å². The minimum Gasteiger partial charge on any atom is -0.491 e. The average molecular weight is 504 g/mol. The molecule has 1 aliphatic heterocycles. The summed E-state index contributed by atoms with van der Waals surface area (Å²) in [6.45, 7) is 4.41. The van der Waals surface area contributed by atoms with E-state index in [1.54, 1.807) is 22.6 Å². The van der Waals surface area contributed by atoms with Gasteiger partial charge in [0.05, 0.1) is 24.4 Å². The Hall–Kier alpha value is -3.53. The molecule has 0 saturated carbocycles. The van der Waals surface area contributed by atoms with Gasteiger partial charge in [0.15, 0.2) is 17.4 Å². The molecule has 1 aliphatic rings. The van der Waals surface area contributed by atoms with Crippen LogP contribution in [0.5, 0.6) is 5.75 Å². The number of carbonyl (C=O) groups is 2. The maximum Gasteiger partial charge on any atom is 0.276 e. The molecule has 0 aliphatic carbocycles. The van der Waals surface area contributed by atoms with Gasteiger partial charge in [0.1, 0.15) is 11.5 Å². The van der Waals surface area contributed by atoms with Gasteiger partial charge in [-0.15, -0.1) is 0 Å². The van der Waals surface area contributed by atoms with E-state index in [4.69, 9.17) is 16.3 Å². The lowest BCUT2D eigenvalue weighted by Gasteiger charge is -2.32. The maximum absolute atomic E-state index is 14.1. The fraction of sp³-hybridized carbons (Fsp3) is 0.333. The lowest BCUT2D eigenvalue weighted by atomic mass is 10.0. The van der Waals surface area contributed by atoms with Crippen molar-refractivity contribution in [2.75, 3.05) is 25.5 Å². The van der Waals surface area contributed by atoms with Crippen LogP contribution in [0.4, 0.5) is 14.6 Å². The first-order valence-corrected chi connectivity index (χ1v) is 11.4. The molecule has 0 unspecified atom stereocenters. The number of carbonyl (C=O) groups excluding carboxylic acids is 2. The Balaban J connectivity index is 1.54. The van der Waals surface area contributed by atoms with Gasteiger partial charge in [0, 0.05) is 31.8 Å². The van der Waals surface area contributed by atoms with Crippen LogP contribution < -0.4 is 10.1 Å². The van der Waals surface area contributed by atoms with Crippen molar-refractivity contribution in [3.63, 3.8) is 0 Å². The number of rotatable bonds is 5. The number of likely N-dealkylation sites (tertiary alicyclic amines) is 1. The number of aromatic nitrogens is 3. The second kappa shape index (κ2) is 9.99. The zero-order valence-electron chi connectivity index (χ0n) is 19.4. The number of ether oxygens (including phenoxy) is 1. The van der Waals surface area contributed by atoms with Crippen molar-refractivity contribution in [3.8, 4) is 16.9 Å². The highest BCUT2D eigenvalue weighted by atomic mass is 35.5. The number of pyridine rings is 1. The molecule has 4 rings (SSSR count). The SMILES string of the molecule is COc1c(F)cc(-c2cnc(NC(=O)c3c(Cl)cnn3C3CCN(C(C)=O)CC3)c(C)c2)cc1F. The van der Waals surface area contributed by atoms with Crippen LogP contribution in [-0.2, 0) is 4.79 Å². The second-order valence-electron chi connectivity index (χ2n) is 8.34. The molecule has 1 saturated heterocycles. The lowest BCUT2D eigenvalue weighted by molar-refractivity contribution is -0.130. The van der Waals surface area contributed by atoms with Gasteiger partial charge in [-0.2, -0.15) is 5.10 Å². The van der Waals surface area contributed by atoms with Crippen LogP contribution >= 0.6 is 11.6 Å². The number of hydrogen-bond donors (Lipinski definition) is 1. The van der Waals surface area contributed by atoms with Gasteiger partial charge >= 0.3 is 0 Å². The summed E-state index contributed by atoms with van der Waals surface area (Å²) in [7, 11) is 1.19. The van der Waals surface area contributed by atoms with E-state index in [-0.39, 0.29) is 34.0 Å². The Labute approximate surface area is 205 Å². The largest absolute Gasteiger partial charge is 0.491 e. The highest BCUT2D eigenvalue weighted by molar-refractivity contribution is 6.34.